The smallest absolute Gasteiger partial charge is 0.341 e. The summed E-state index contributed by atoms with van der Waals surface area (Å²) in [7, 11) is 0. The fourth-order valence-electron chi connectivity index (χ4n) is 4.41. The molecule has 0 spiro atoms. The lowest BCUT2D eigenvalue weighted by atomic mass is 9.98. The van der Waals surface area contributed by atoms with Crippen LogP contribution in [-0.4, -0.2) is 69.0 Å². The maximum Gasteiger partial charge on any atom is 0.341 e. The standard InChI is InChI=1S/C25H30N4O4/c1-16(2)23-14-28(13-18-5-4-6-20(11-18)33-15-24(30)31)9-10-29(23)25(32)19-7-8-21-22(12-19)27-17(3)26-21/h4-8,11-12,16,23H,9-10,13-15H2,1-3H3,(H,26,27)(H,30,31). The van der Waals surface area contributed by atoms with Crippen molar-refractivity contribution in [2.45, 2.75) is 33.4 Å². The lowest BCUT2D eigenvalue weighted by molar-refractivity contribution is -0.139. The van der Waals surface area contributed by atoms with Crippen molar-refractivity contribution in [2.24, 2.45) is 5.92 Å². The van der Waals surface area contributed by atoms with Crippen LogP contribution in [0.15, 0.2) is 42.5 Å². The number of aromatic amines is 1. The summed E-state index contributed by atoms with van der Waals surface area (Å²) in [5.74, 6) is 0.740. The predicted octanol–water partition coefficient (Wildman–Crippen LogP) is 3.32. The summed E-state index contributed by atoms with van der Waals surface area (Å²) < 4.78 is 5.31. The van der Waals surface area contributed by atoms with Crippen molar-refractivity contribution in [2.75, 3.05) is 26.2 Å². The number of hydrogen-bond donors (Lipinski definition) is 2. The van der Waals surface area contributed by atoms with Gasteiger partial charge in [-0.15, -0.1) is 0 Å². The fourth-order valence-corrected chi connectivity index (χ4v) is 4.41. The summed E-state index contributed by atoms with van der Waals surface area (Å²) in [5, 5.41) is 8.82. The Bertz CT molecular complexity index is 1160. The van der Waals surface area contributed by atoms with Crippen LogP contribution in [0.2, 0.25) is 0 Å². The van der Waals surface area contributed by atoms with Gasteiger partial charge in [0.2, 0.25) is 0 Å². The number of imidazole rings is 1. The second kappa shape index (κ2) is 9.62. The van der Waals surface area contributed by atoms with E-state index in [-0.39, 0.29) is 18.6 Å². The van der Waals surface area contributed by atoms with Crippen LogP contribution in [-0.2, 0) is 11.3 Å². The molecular weight excluding hydrogens is 420 g/mol. The second-order valence-electron chi connectivity index (χ2n) is 8.93. The first-order valence-electron chi connectivity index (χ1n) is 11.2. The SMILES string of the molecule is Cc1nc2ccc(C(=O)N3CCN(Cc4cccc(OCC(=O)O)c4)CC3C(C)C)cc2[nH]1. The minimum atomic E-state index is -0.997. The number of carboxylic acids is 1. The van der Waals surface area contributed by atoms with Gasteiger partial charge in [0, 0.05) is 37.8 Å². The first-order valence-corrected chi connectivity index (χ1v) is 11.2. The van der Waals surface area contributed by atoms with Crippen molar-refractivity contribution in [1.29, 1.82) is 0 Å². The van der Waals surface area contributed by atoms with Crippen molar-refractivity contribution >= 4 is 22.9 Å². The molecule has 2 aromatic carbocycles. The quantitative estimate of drug-likeness (QED) is 0.573. The molecule has 1 aliphatic rings. The Labute approximate surface area is 193 Å². The molecule has 1 unspecified atom stereocenters. The number of piperazine rings is 1. The molecule has 0 aliphatic carbocycles. The van der Waals surface area contributed by atoms with Gasteiger partial charge in [-0.05, 0) is 48.7 Å². The zero-order chi connectivity index (χ0) is 23.5. The third kappa shape index (κ3) is 5.34. The van der Waals surface area contributed by atoms with E-state index in [1.165, 1.54) is 0 Å². The minimum Gasteiger partial charge on any atom is -0.482 e. The molecule has 1 saturated heterocycles. The Balaban J connectivity index is 1.45. The number of aliphatic carboxylic acids is 1. The zero-order valence-corrected chi connectivity index (χ0v) is 19.2. The fraction of sp³-hybridized carbons (Fsp3) is 0.400. The van der Waals surface area contributed by atoms with Gasteiger partial charge in [0.25, 0.3) is 5.91 Å². The monoisotopic (exact) mass is 450 g/mol. The van der Waals surface area contributed by atoms with E-state index in [9.17, 15) is 9.59 Å². The number of H-pyrrole nitrogens is 1. The number of amides is 1. The summed E-state index contributed by atoms with van der Waals surface area (Å²) in [6, 6.07) is 13.3. The normalized spacial score (nSPS) is 17.0. The van der Waals surface area contributed by atoms with E-state index in [2.05, 4.69) is 28.7 Å². The van der Waals surface area contributed by atoms with Gasteiger partial charge in [-0.1, -0.05) is 26.0 Å². The number of carbonyl (C=O) groups excluding carboxylic acids is 1. The third-order valence-electron chi connectivity index (χ3n) is 6.05. The van der Waals surface area contributed by atoms with Gasteiger partial charge in [0.05, 0.1) is 11.0 Å². The van der Waals surface area contributed by atoms with Gasteiger partial charge in [-0.3, -0.25) is 9.69 Å². The largest absolute Gasteiger partial charge is 0.482 e. The number of rotatable bonds is 7. The van der Waals surface area contributed by atoms with E-state index in [0.29, 0.717) is 23.8 Å². The molecule has 1 aromatic heterocycles. The lowest BCUT2D eigenvalue weighted by Crippen LogP contribution is -2.56. The number of aromatic nitrogens is 2. The summed E-state index contributed by atoms with van der Waals surface area (Å²) >= 11 is 0. The van der Waals surface area contributed by atoms with Crippen LogP contribution in [0.3, 0.4) is 0 Å². The zero-order valence-electron chi connectivity index (χ0n) is 19.2. The van der Waals surface area contributed by atoms with Gasteiger partial charge in [0.15, 0.2) is 6.61 Å². The topological polar surface area (TPSA) is 98.8 Å². The van der Waals surface area contributed by atoms with Gasteiger partial charge in [-0.2, -0.15) is 0 Å². The van der Waals surface area contributed by atoms with Gasteiger partial charge >= 0.3 is 5.97 Å². The lowest BCUT2D eigenvalue weighted by Gasteiger charge is -2.43. The summed E-state index contributed by atoms with van der Waals surface area (Å²) in [6.07, 6.45) is 0. The van der Waals surface area contributed by atoms with Crippen LogP contribution in [0.4, 0.5) is 0 Å². The molecule has 8 heteroatoms. The van der Waals surface area contributed by atoms with Crippen LogP contribution in [0.1, 0.15) is 35.6 Å². The maximum atomic E-state index is 13.4. The van der Waals surface area contributed by atoms with E-state index in [0.717, 1.165) is 42.1 Å². The number of aryl methyl sites for hydroxylation is 1. The highest BCUT2D eigenvalue weighted by molar-refractivity contribution is 5.97. The molecule has 2 N–H and O–H groups in total. The molecule has 1 amide bonds. The number of nitrogens with zero attached hydrogens (tertiary/aromatic N) is 3. The molecule has 4 rings (SSSR count). The molecular formula is C25H30N4O4. The molecule has 1 fully saturated rings. The summed E-state index contributed by atoms with van der Waals surface area (Å²) in [5.41, 5.74) is 3.47. The molecule has 3 aromatic rings. The summed E-state index contributed by atoms with van der Waals surface area (Å²) in [6.45, 7) is 8.75. The van der Waals surface area contributed by atoms with E-state index in [4.69, 9.17) is 9.84 Å². The highest BCUT2D eigenvalue weighted by Gasteiger charge is 2.33. The van der Waals surface area contributed by atoms with E-state index in [1.54, 1.807) is 6.07 Å². The Morgan fingerprint density at radius 2 is 2.03 bits per heavy atom. The molecule has 0 bridgehead atoms. The molecule has 8 nitrogen and oxygen atoms in total. The van der Waals surface area contributed by atoms with Crippen LogP contribution in [0.5, 0.6) is 5.75 Å². The number of hydrogen-bond acceptors (Lipinski definition) is 5. The maximum absolute atomic E-state index is 13.4. The first kappa shape index (κ1) is 22.8. The van der Waals surface area contributed by atoms with Crippen LogP contribution < -0.4 is 4.74 Å². The van der Waals surface area contributed by atoms with Crippen molar-refractivity contribution in [3.8, 4) is 5.75 Å². The van der Waals surface area contributed by atoms with Crippen molar-refractivity contribution in [3.05, 3.63) is 59.4 Å². The Morgan fingerprint density at radius 3 is 2.79 bits per heavy atom. The number of benzene rings is 2. The minimum absolute atomic E-state index is 0.0478. The van der Waals surface area contributed by atoms with E-state index in [1.807, 2.05) is 48.2 Å². The molecule has 2 heterocycles. The number of carboxylic acid groups (broad SMARTS) is 1. The Kier molecular flexibility index (Phi) is 6.65. The number of ether oxygens (including phenoxy) is 1. The molecule has 0 radical (unpaired) electrons. The van der Waals surface area contributed by atoms with E-state index >= 15 is 0 Å². The van der Waals surface area contributed by atoms with Gasteiger partial charge in [-0.25, -0.2) is 9.78 Å². The Hall–Kier alpha value is -3.39. The molecule has 174 valence electrons. The number of nitrogens with one attached hydrogen (secondary N) is 1. The third-order valence-corrected chi connectivity index (χ3v) is 6.05. The van der Waals surface area contributed by atoms with Gasteiger partial charge in [0.1, 0.15) is 11.6 Å². The van der Waals surface area contributed by atoms with Crippen molar-refractivity contribution in [1.82, 2.24) is 19.8 Å². The van der Waals surface area contributed by atoms with Crippen molar-refractivity contribution < 1.29 is 19.4 Å². The van der Waals surface area contributed by atoms with Crippen molar-refractivity contribution in [3.63, 3.8) is 0 Å². The van der Waals surface area contributed by atoms with Gasteiger partial charge < -0.3 is 19.7 Å². The van der Waals surface area contributed by atoms with Crippen LogP contribution >= 0.6 is 0 Å². The van der Waals surface area contributed by atoms with Crippen LogP contribution in [0, 0.1) is 12.8 Å². The Morgan fingerprint density at radius 1 is 1.21 bits per heavy atom. The molecule has 0 saturated carbocycles. The molecule has 33 heavy (non-hydrogen) atoms. The average Bonchev–Trinajstić information content (AvgIpc) is 3.16. The average molecular weight is 451 g/mol. The number of fused-ring (bicyclic) bond motifs is 1. The number of carbonyl (C=O) groups is 2. The highest BCUT2D eigenvalue weighted by atomic mass is 16.5. The highest BCUT2D eigenvalue weighted by Crippen LogP contribution is 2.24. The molecule has 1 atom stereocenters. The second-order valence-corrected chi connectivity index (χ2v) is 8.93. The first-order chi connectivity index (χ1) is 15.8. The predicted molar refractivity (Wildman–Crippen MR) is 125 cm³/mol. The summed E-state index contributed by atoms with van der Waals surface area (Å²) in [4.78, 5) is 36.1. The molecule has 1 aliphatic heterocycles. The van der Waals surface area contributed by atoms with E-state index < -0.39 is 5.97 Å². The van der Waals surface area contributed by atoms with Crippen LogP contribution in [0.25, 0.3) is 11.0 Å².